The Hall–Kier alpha value is -1.43. The largest absolute Gasteiger partial charge is 0.383 e. The molecule has 6 nitrogen and oxygen atoms in total. The minimum absolute atomic E-state index is 0.150. The number of hydrogen-bond acceptors (Lipinski definition) is 4. The van der Waals surface area contributed by atoms with Gasteiger partial charge in [0.15, 0.2) is 0 Å². The van der Waals surface area contributed by atoms with Gasteiger partial charge in [0, 0.05) is 26.6 Å². The fourth-order valence-electron chi connectivity index (χ4n) is 1.49. The molecule has 1 rings (SSSR count). The number of rotatable bonds is 7. The number of aromatic amines is 1. The van der Waals surface area contributed by atoms with E-state index in [1.165, 1.54) is 0 Å². The van der Waals surface area contributed by atoms with E-state index in [0.717, 1.165) is 18.7 Å². The van der Waals surface area contributed by atoms with Crippen LogP contribution in [0.4, 0.5) is 0 Å². The summed E-state index contributed by atoms with van der Waals surface area (Å²) >= 11 is 0. The Labute approximate surface area is 101 Å². The van der Waals surface area contributed by atoms with Crippen molar-refractivity contribution >= 4 is 5.91 Å². The summed E-state index contributed by atoms with van der Waals surface area (Å²) < 4.78 is 4.96. The van der Waals surface area contributed by atoms with Gasteiger partial charge in [0.05, 0.1) is 6.61 Å². The number of carbonyl (C=O) groups excluding carboxylic acids is 1. The highest BCUT2D eigenvalue weighted by Gasteiger charge is 2.18. The molecule has 0 unspecified atom stereocenters. The van der Waals surface area contributed by atoms with Gasteiger partial charge in [0.2, 0.25) is 5.82 Å². The number of nitrogens with one attached hydrogen (secondary N) is 1. The fourth-order valence-corrected chi connectivity index (χ4v) is 1.49. The minimum atomic E-state index is -0.150. The molecule has 0 aromatic carbocycles. The molecule has 1 heterocycles. The molecule has 1 aromatic rings. The van der Waals surface area contributed by atoms with E-state index in [2.05, 4.69) is 22.1 Å². The lowest BCUT2D eigenvalue weighted by atomic mass is 10.3. The van der Waals surface area contributed by atoms with Gasteiger partial charge >= 0.3 is 0 Å². The number of methoxy groups -OCH3 is 1. The maximum Gasteiger partial charge on any atom is 0.293 e. The predicted molar refractivity (Wildman–Crippen MR) is 63.8 cm³/mol. The first-order valence-corrected chi connectivity index (χ1v) is 5.92. The van der Waals surface area contributed by atoms with Crippen LogP contribution in [0, 0.1) is 0 Å². The second kappa shape index (κ2) is 7.01. The number of aromatic nitrogens is 3. The molecule has 17 heavy (non-hydrogen) atoms. The lowest BCUT2D eigenvalue weighted by Gasteiger charge is -2.18. The third-order valence-electron chi connectivity index (χ3n) is 2.44. The molecule has 6 heteroatoms. The molecule has 0 aliphatic heterocycles. The number of hydrogen-bond donors (Lipinski definition) is 1. The first-order valence-electron chi connectivity index (χ1n) is 5.92. The highest BCUT2D eigenvalue weighted by atomic mass is 16.5. The van der Waals surface area contributed by atoms with Gasteiger partial charge in [-0.15, -0.1) is 5.10 Å². The zero-order valence-corrected chi connectivity index (χ0v) is 10.7. The van der Waals surface area contributed by atoms with Crippen LogP contribution in [0.15, 0.2) is 0 Å². The summed E-state index contributed by atoms with van der Waals surface area (Å²) in [6.07, 6.45) is 1.79. The van der Waals surface area contributed by atoms with E-state index in [1.807, 2.05) is 6.92 Å². The van der Waals surface area contributed by atoms with Crippen molar-refractivity contribution in [1.29, 1.82) is 0 Å². The van der Waals surface area contributed by atoms with E-state index >= 15 is 0 Å². The lowest BCUT2D eigenvalue weighted by molar-refractivity contribution is 0.0695. The lowest BCUT2D eigenvalue weighted by Crippen LogP contribution is -2.34. The smallest absolute Gasteiger partial charge is 0.293 e. The van der Waals surface area contributed by atoms with Crippen LogP contribution in [0.5, 0.6) is 0 Å². The second-order valence-electron chi connectivity index (χ2n) is 3.73. The molecular formula is C11H20N4O2. The SMILES string of the molecule is CCCc1nc(C(=O)N(CC)CCOC)n[nH]1. The fraction of sp³-hybridized carbons (Fsp3) is 0.727. The van der Waals surface area contributed by atoms with Crippen LogP contribution < -0.4 is 0 Å². The van der Waals surface area contributed by atoms with E-state index < -0.39 is 0 Å². The molecule has 1 amide bonds. The summed E-state index contributed by atoms with van der Waals surface area (Å²) in [6, 6.07) is 0. The molecule has 0 saturated heterocycles. The van der Waals surface area contributed by atoms with Crippen molar-refractivity contribution in [3.8, 4) is 0 Å². The predicted octanol–water partition coefficient (Wildman–Crippen LogP) is 0.866. The third-order valence-corrected chi connectivity index (χ3v) is 2.44. The van der Waals surface area contributed by atoms with Crippen molar-refractivity contribution in [2.45, 2.75) is 26.7 Å². The molecule has 0 aliphatic rings. The maximum atomic E-state index is 12.0. The monoisotopic (exact) mass is 240 g/mol. The number of ether oxygens (including phenoxy) is 1. The summed E-state index contributed by atoms with van der Waals surface area (Å²) in [5.41, 5.74) is 0. The molecule has 0 bridgehead atoms. The molecule has 0 atom stereocenters. The van der Waals surface area contributed by atoms with E-state index in [0.29, 0.717) is 19.7 Å². The molecule has 0 radical (unpaired) electrons. The Morgan fingerprint density at radius 1 is 1.47 bits per heavy atom. The van der Waals surface area contributed by atoms with Crippen molar-refractivity contribution in [1.82, 2.24) is 20.1 Å². The van der Waals surface area contributed by atoms with Crippen molar-refractivity contribution in [2.24, 2.45) is 0 Å². The molecule has 1 N–H and O–H groups in total. The first kappa shape index (κ1) is 13.6. The van der Waals surface area contributed by atoms with Crippen molar-refractivity contribution in [2.75, 3.05) is 26.8 Å². The topological polar surface area (TPSA) is 71.1 Å². The average molecular weight is 240 g/mol. The second-order valence-corrected chi connectivity index (χ2v) is 3.73. The molecule has 0 fully saturated rings. The number of aryl methyl sites for hydroxylation is 1. The standard InChI is InChI=1S/C11H20N4O2/c1-4-6-9-12-10(14-13-9)11(16)15(5-2)7-8-17-3/h4-8H2,1-3H3,(H,12,13,14). The normalized spacial score (nSPS) is 10.5. The van der Waals surface area contributed by atoms with Gasteiger partial charge in [-0.05, 0) is 13.3 Å². The number of amides is 1. The quantitative estimate of drug-likeness (QED) is 0.767. The number of carbonyl (C=O) groups is 1. The van der Waals surface area contributed by atoms with Gasteiger partial charge in [0.25, 0.3) is 5.91 Å². The Balaban J connectivity index is 2.65. The van der Waals surface area contributed by atoms with E-state index in [9.17, 15) is 4.79 Å². The Kier molecular flexibility index (Phi) is 5.62. The zero-order chi connectivity index (χ0) is 12.7. The number of likely N-dealkylation sites (N-methyl/N-ethyl adjacent to an activating group) is 1. The summed E-state index contributed by atoms with van der Waals surface area (Å²) in [5, 5.41) is 6.73. The van der Waals surface area contributed by atoms with Gasteiger partial charge < -0.3 is 9.64 Å². The van der Waals surface area contributed by atoms with Crippen LogP contribution in [0.3, 0.4) is 0 Å². The summed E-state index contributed by atoms with van der Waals surface area (Å²) in [6.45, 7) is 5.68. The van der Waals surface area contributed by atoms with Crippen molar-refractivity contribution in [3.63, 3.8) is 0 Å². The van der Waals surface area contributed by atoms with Crippen LogP contribution in [-0.2, 0) is 11.2 Å². The molecule has 0 spiro atoms. The van der Waals surface area contributed by atoms with Crippen LogP contribution in [0.25, 0.3) is 0 Å². The third kappa shape index (κ3) is 3.81. The van der Waals surface area contributed by atoms with Crippen molar-refractivity contribution in [3.05, 3.63) is 11.6 Å². The maximum absolute atomic E-state index is 12.0. The molecule has 1 aromatic heterocycles. The highest BCUT2D eigenvalue weighted by Crippen LogP contribution is 2.01. The van der Waals surface area contributed by atoms with Gasteiger partial charge in [-0.1, -0.05) is 6.92 Å². The van der Waals surface area contributed by atoms with E-state index in [4.69, 9.17) is 4.74 Å². The van der Waals surface area contributed by atoms with Crippen molar-refractivity contribution < 1.29 is 9.53 Å². The molecule has 96 valence electrons. The summed E-state index contributed by atoms with van der Waals surface area (Å²) in [4.78, 5) is 17.9. The van der Waals surface area contributed by atoms with E-state index in [1.54, 1.807) is 12.0 Å². The minimum Gasteiger partial charge on any atom is -0.383 e. The number of H-pyrrole nitrogens is 1. The van der Waals surface area contributed by atoms with E-state index in [-0.39, 0.29) is 11.7 Å². The van der Waals surface area contributed by atoms with Crippen LogP contribution in [-0.4, -0.2) is 52.8 Å². The average Bonchev–Trinajstić information content (AvgIpc) is 2.79. The van der Waals surface area contributed by atoms with Crippen LogP contribution >= 0.6 is 0 Å². The van der Waals surface area contributed by atoms with Gasteiger partial charge in [-0.25, -0.2) is 4.98 Å². The Morgan fingerprint density at radius 3 is 2.82 bits per heavy atom. The summed E-state index contributed by atoms with van der Waals surface area (Å²) in [7, 11) is 1.62. The molecular weight excluding hydrogens is 220 g/mol. The Morgan fingerprint density at radius 2 is 2.24 bits per heavy atom. The Bertz CT molecular complexity index is 351. The van der Waals surface area contributed by atoms with Crippen LogP contribution in [0.2, 0.25) is 0 Å². The molecule has 0 aliphatic carbocycles. The number of nitrogens with zero attached hydrogens (tertiary/aromatic N) is 3. The first-order chi connectivity index (χ1) is 8.22. The van der Waals surface area contributed by atoms with Gasteiger partial charge in [-0.3, -0.25) is 9.89 Å². The van der Waals surface area contributed by atoms with Crippen LogP contribution in [0.1, 0.15) is 36.7 Å². The zero-order valence-electron chi connectivity index (χ0n) is 10.7. The van der Waals surface area contributed by atoms with Gasteiger partial charge in [0.1, 0.15) is 5.82 Å². The molecule has 0 saturated carbocycles. The highest BCUT2D eigenvalue weighted by molar-refractivity contribution is 5.90. The summed E-state index contributed by atoms with van der Waals surface area (Å²) in [5.74, 6) is 0.855. The van der Waals surface area contributed by atoms with Gasteiger partial charge in [-0.2, -0.15) is 0 Å².